The Kier molecular flexibility index (Phi) is 3.26. The molecule has 0 fully saturated rings. The number of hydrogen-bond acceptors (Lipinski definition) is 3. The number of rotatable bonds is 3. The lowest BCUT2D eigenvalue weighted by Crippen LogP contribution is -2.01. The van der Waals surface area contributed by atoms with Crippen molar-refractivity contribution >= 4 is 11.6 Å². The number of halogens is 1. The van der Waals surface area contributed by atoms with E-state index in [0.717, 1.165) is 18.5 Å². The summed E-state index contributed by atoms with van der Waals surface area (Å²) in [7, 11) is 0. The first-order valence-electron chi connectivity index (χ1n) is 3.49. The maximum absolute atomic E-state index is 5.55. The minimum Gasteiger partial charge on any atom is -0.330 e. The summed E-state index contributed by atoms with van der Waals surface area (Å²) < 4.78 is 0. The van der Waals surface area contributed by atoms with Crippen LogP contribution in [0.15, 0.2) is 12.4 Å². The average molecular weight is 172 g/mol. The fourth-order valence-electron chi connectivity index (χ4n) is 0.751. The third-order valence-electron chi connectivity index (χ3n) is 1.31. The third-order valence-corrected chi connectivity index (χ3v) is 1.51. The molecule has 0 radical (unpaired) electrons. The molecule has 1 aromatic rings. The predicted octanol–water partition coefficient (Wildman–Crippen LogP) is 1.02. The molecule has 60 valence electrons. The van der Waals surface area contributed by atoms with Crippen LogP contribution in [-0.2, 0) is 6.42 Å². The summed E-state index contributed by atoms with van der Waals surface area (Å²) in [5.74, 6) is 0. The Bertz CT molecular complexity index is 209. The van der Waals surface area contributed by atoms with Crippen LogP contribution >= 0.6 is 11.6 Å². The van der Waals surface area contributed by atoms with Gasteiger partial charge in [0.25, 0.3) is 0 Å². The molecular weight excluding hydrogens is 162 g/mol. The van der Waals surface area contributed by atoms with Gasteiger partial charge in [0.2, 0.25) is 0 Å². The van der Waals surface area contributed by atoms with Gasteiger partial charge in [-0.3, -0.25) is 4.98 Å². The molecule has 3 nitrogen and oxygen atoms in total. The van der Waals surface area contributed by atoms with Gasteiger partial charge in [-0.15, -0.1) is 0 Å². The van der Waals surface area contributed by atoms with Gasteiger partial charge in [0, 0.05) is 0 Å². The molecule has 0 unspecified atom stereocenters. The van der Waals surface area contributed by atoms with Gasteiger partial charge in [0.15, 0.2) is 0 Å². The zero-order valence-electron chi connectivity index (χ0n) is 6.13. The highest BCUT2D eigenvalue weighted by molar-refractivity contribution is 6.29. The van der Waals surface area contributed by atoms with Crippen LogP contribution < -0.4 is 5.73 Å². The minimum absolute atomic E-state index is 0.432. The lowest BCUT2D eigenvalue weighted by Gasteiger charge is -1.96. The van der Waals surface area contributed by atoms with E-state index in [4.69, 9.17) is 17.3 Å². The molecule has 2 N–H and O–H groups in total. The molecule has 0 bridgehead atoms. The van der Waals surface area contributed by atoms with Gasteiger partial charge in [-0.05, 0) is 19.4 Å². The zero-order chi connectivity index (χ0) is 8.10. The summed E-state index contributed by atoms with van der Waals surface area (Å²) in [5.41, 5.74) is 6.28. The Morgan fingerprint density at radius 1 is 1.36 bits per heavy atom. The van der Waals surface area contributed by atoms with Crippen molar-refractivity contribution in [3.63, 3.8) is 0 Å². The van der Waals surface area contributed by atoms with E-state index in [-0.39, 0.29) is 0 Å². The summed E-state index contributed by atoms with van der Waals surface area (Å²) in [6.45, 7) is 0.685. The molecule has 4 heteroatoms. The van der Waals surface area contributed by atoms with Crippen molar-refractivity contribution in [2.75, 3.05) is 6.54 Å². The number of aromatic nitrogens is 2. The maximum Gasteiger partial charge on any atom is 0.147 e. The van der Waals surface area contributed by atoms with Crippen LogP contribution in [0.3, 0.4) is 0 Å². The van der Waals surface area contributed by atoms with E-state index in [0.29, 0.717) is 11.7 Å². The molecule has 0 saturated carbocycles. The maximum atomic E-state index is 5.55. The first kappa shape index (κ1) is 8.43. The van der Waals surface area contributed by atoms with Gasteiger partial charge < -0.3 is 5.73 Å². The van der Waals surface area contributed by atoms with Gasteiger partial charge >= 0.3 is 0 Å². The molecule has 1 heterocycles. The summed E-state index contributed by atoms with van der Waals surface area (Å²) in [6.07, 6.45) is 5.04. The van der Waals surface area contributed by atoms with Crippen LogP contribution in [0, 0.1) is 0 Å². The Balaban J connectivity index is 2.52. The molecule has 0 spiro atoms. The third kappa shape index (κ3) is 2.82. The van der Waals surface area contributed by atoms with E-state index in [1.54, 1.807) is 12.4 Å². The Labute approximate surface area is 70.6 Å². The van der Waals surface area contributed by atoms with E-state index >= 15 is 0 Å². The normalized spacial score (nSPS) is 10.0. The monoisotopic (exact) mass is 171 g/mol. The van der Waals surface area contributed by atoms with Crippen LogP contribution in [0.5, 0.6) is 0 Å². The van der Waals surface area contributed by atoms with Crippen molar-refractivity contribution in [1.82, 2.24) is 9.97 Å². The number of nitrogens with zero attached hydrogens (tertiary/aromatic N) is 2. The van der Waals surface area contributed by atoms with E-state index in [2.05, 4.69) is 9.97 Å². The molecule has 0 aliphatic heterocycles. The molecular formula is C7H10ClN3. The van der Waals surface area contributed by atoms with Crippen molar-refractivity contribution in [2.45, 2.75) is 12.8 Å². The Morgan fingerprint density at radius 2 is 2.18 bits per heavy atom. The molecule has 1 aromatic heterocycles. The summed E-state index contributed by atoms with van der Waals surface area (Å²) in [6, 6.07) is 0. The highest BCUT2D eigenvalue weighted by Crippen LogP contribution is 2.02. The predicted molar refractivity (Wildman–Crippen MR) is 44.4 cm³/mol. The van der Waals surface area contributed by atoms with Crippen molar-refractivity contribution in [2.24, 2.45) is 5.73 Å². The van der Waals surface area contributed by atoms with E-state index < -0.39 is 0 Å². The molecule has 0 aliphatic carbocycles. The van der Waals surface area contributed by atoms with Gasteiger partial charge in [0.05, 0.1) is 18.1 Å². The summed E-state index contributed by atoms with van der Waals surface area (Å²) in [5, 5.41) is 0.432. The molecule has 0 aliphatic rings. The second-order valence-corrected chi connectivity index (χ2v) is 2.61. The number of aryl methyl sites for hydroxylation is 1. The van der Waals surface area contributed by atoms with Crippen molar-refractivity contribution < 1.29 is 0 Å². The van der Waals surface area contributed by atoms with Crippen molar-refractivity contribution in [3.8, 4) is 0 Å². The van der Waals surface area contributed by atoms with Crippen LogP contribution in [0.1, 0.15) is 12.1 Å². The summed E-state index contributed by atoms with van der Waals surface area (Å²) in [4.78, 5) is 7.96. The second-order valence-electron chi connectivity index (χ2n) is 2.22. The van der Waals surface area contributed by atoms with Gasteiger partial charge in [-0.2, -0.15) is 0 Å². The molecule has 0 aromatic carbocycles. The lowest BCUT2D eigenvalue weighted by molar-refractivity contribution is 0.804. The second kappa shape index (κ2) is 4.26. The van der Waals surface area contributed by atoms with Gasteiger partial charge in [0.1, 0.15) is 5.15 Å². The van der Waals surface area contributed by atoms with E-state index in [9.17, 15) is 0 Å². The van der Waals surface area contributed by atoms with Crippen LogP contribution in [0.4, 0.5) is 0 Å². The topological polar surface area (TPSA) is 51.8 Å². The Hall–Kier alpha value is -0.670. The van der Waals surface area contributed by atoms with Crippen LogP contribution in [-0.4, -0.2) is 16.5 Å². The number of nitrogens with two attached hydrogens (primary N) is 1. The minimum atomic E-state index is 0.432. The molecule has 0 atom stereocenters. The highest BCUT2D eigenvalue weighted by Gasteiger charge is 1.93. The standard InChI is InChI=1S/C7H10ClN3/c8-7-5-10-6(4-11-7)2-1-3-9/h4-5H,1-3,9H2. The van der Waals surface area contributed by atoms with E-state index in [1.165, 1.54) is 0 Å². The average Bonchev–Trinajstić information content (AvgIpc) is 2.04. The number of hydrogen-bond donors (Lipinski definition) is 1. The quantitative estimate of drug-likeness (QED) is 0.739. The van der Waals surface area contributed by atoms with Crippen molar-refractivity contribution in [3.05, 3.63) is 23.2 Å². The van der Waals surface area contributed by atoms with Crippen LogP contribution in [0.25, 0.3) is 0 Å². The largest absolute Gasteiger partial charge is 0.330 e. The smallest absolute Gasteiger partial charge is 0.147 e. The summed E-state index contributed by atoms with van der Waals surface area (Å²) >= 11 is 5.55. The van der Waals surface area contributed by atoms with Crippen molar-refractivity contribution in [1.29, 1.82) is 0 Å². The first-order chi connectivity index (χ1) is 5.33. The first-order valence-corrected chi connectivity index (χ1v) is 3.87. The fourth-order valence-corrected chi connectivity index (χ4v) is 0.849. The molecule has 11 heavy (non-hydrogen) atoms. The Morgan fingerprint density at radius 3 is 2.73 bits per heavy atom. The lowest BCUT2D eigenvalue weighted by atomic mass is 10.2. The zero-order valence-corrected chi connectivity index (χ0v) is 6.88. The van der Waals surface area contributed by atoms with Gasteiger partial charge in [-0.25, -0.2) is 4.98 Å². The molecule has 1 rings (SSSR count). The fraction of sp³-hybridized carbons (Fsp3) is 0.429. The molecule has 0 saturated heterocycles. The van der Waals surface area contributed by atoms with E-state index in [1.807, 2.05) is 0 Å². The molecule has 0 amide bonds. The van der Waals surface area contributed by atoms with Crippen LogP contribution in [0.2, 0.25) is 5.15 Å². The SMILES string of the molecule is NCCCc1cnc(Cl)cn1. The van der Waals surface area contributed by atoms with Gasteiger partial charge in [-0.1, -0.05) is 11.6 Å². The highest BCUT2D eigenvalue weighted by atomic mass is 35.5.